The van der Waals surface area contributed by atoms with E-state index in [4.69, 9.17) is 0 Å². The monoisotopic (exact) mass is 378 g/mol. The molecule has 1 aliphatic carbocycles. The zero-order valence-electron chi connectivity index (χ0n) is 11.6. The summed E-state index contributed by atoms with van der Waals surface area (Å²) in [6.45, 7) is 0.200. The van der Waals surface area contributed by atoms with E-state index in [0.29, 0.717) is 10.0 Å². The lowest BCUT2D eigenvalue weighted by atomic mass is 10.2. The van der Waals surface area contributed by atoms with Gasteiger partial charge in [-0.05, 0) is 37.0 Å². The van der Waals surface area contributed by atoms with Crippen LogP contribution >= 0.6 is 27.3 Å². The molecule has 2 heterocycles. The molecule has 3 nitrogen and oxygen atoms in total. The van der Waals surface area contributed by atoms with Gasteiger partial charge in [0.1, 0.15) is 10.6 Å². The molecule has 0 aliphatic heterocycles. The maximum atomic E-state index is 14.0. The van der Waals surface area contributed by atoms with Gasteiger partial charge in [0.25, 0.3) is 5.56 Å². The number of rotatable bonds is 2. The van der Waals surface area contributed by atoms with Crippen LogP contribution in [-0.2, 0) is 19.4 Å². The summed E-state index contributed by atoms with van der Waals surface area (Å²) in [6, 6.07) is 4.88. The molecule has 0 unspecified atom stereocenters. The molecule has 0 saturated heterocycles. The number of hydrogen-bond acceptors (Lipinski definition) is 3. The Bertz CT molecular complexity index is 947. The largest absolute Gasteiger partial charge is 0.294 e. The third-order valence-electron chi connectivity index (χ3n) is 4.05. The number of benzene rings is 1. The Morgan fingerprint density at radius 1 is 1.36 bits per heavy atom. The van der Waals surface area contributed by atoms with Crippen LogP contribution in [-0.4, -0.2) is 9.55 Å². The summed E-state index contributed by atoms with van der Waals surface area (Å²) in [5, 5.41) is 0.734. The molecule has 0 amide bonds. The Balaban J connectivity index is 1.82. The average molecular weight is 379 g/mol. The number of nitrogens with zero attached hydrogens (tertiary/aromatic N) is 2. The number of aryl methyl sites for hydroxylation is 2. The Morgan fingerprint density at radius 2 is 2.23 bits per heavy atom. The van der Waals surface area contributed by atoms with E-state index >= 15 is 0 Å². The lowest BCUT2D eigenvalue weighted by Gasteiger charge is -2.07. The summed E-state index contributed by atoms with van der Waals surface area (Å²) < 4.78 is 16.2. The zero-order chi connectivity index (χ0) is 15.3. The number of fused-ring (bicyclic) bond motifs is 3. The molecule has 6 heteroatoms. The number of thiophene rings is 1. The summed E-state index contributed by atoms with van der Waals surface area (Å²) in [6.07, 6.45) is 4.62. The third-order valence-corrected chi connectivity index (χ3v) is 5.74. The molecular formula is C16H12BrFN2OS. The molecule has 22 heavy (non-hydrogen) atoms. The van der Waals surface area contributed by atoms with Gasteiger partial charge < -0.3 is 0 Å². The molecule has 0 radical (unpaired) electrons. The van der Waals surface area contributed by atoms with Gasteiger partial charge in [-0.25, -0.2) is 9.37 Å². The van der Waals surface area contributed by atoms with E-state index in [1.165, 1.54) is 21.8 Å². The zero-order valence-corrected chi connectivity index (χ0v) is 14.0. The van der Waals surface area contributed by atoms with Crippen LogP contribution in [0.4, 0.5) is 4.39 Å². The minimum Gasteiger partial charge on any atom is -0.294 e. The van der Waals surface area contributed by atoms with E-state index in [0.717, 1.165) is 35.0 Å². The van der Waals surface area contributed by atoms with E-state index in [2.05, 4.69) is 20.9 Å². The lowest BCUT2D eigenvalue weighted by Crippen LogP contribution is -2.21. The van der Waals surface area contributed by atoms with Crippen molar-refractivity contribution in [2.24, 2.45) is 0 Å². The van der Waals surface area contributed by atoms with E-state index in [-0.39, 0.29) is 17.9 Å². The highest BCUT2D eigenvalue weighted by atomic mass is 79.9. The standard InChI is InChI=1S/C16H12BrFN2OS/c17-10-5-4-9(12(18)6-10)7-20-8-19-15-14(16(20)21)11-2-1-3-13(11)22-15/h4-6,8H,1-3,7H2. The van der Waals surface area contributed by atoms with Gasteiger partial charge >= 0.3 is 0 Å². The first-order chi connectivity index (χ1) is 10.6. The van der Waals surface area contributed by atoms with Crippen LogP contribution in [0.1, 0.15) is 22.4 Å². The molecule has 0 N–H and O–H groups in total. The molecule has 0 spiro atoms. The highest BCUT2D eigenvalue weighted by molar-refractivity contribution is 9.10. The molecule has 2 aromatic heterocycles. The Hall–Kier alpha value is -1.53. The van der Waals surface area contributed by atoms with Gasteiger partial charge in [0, 0.05) is 14.9 Å². The molecule has 112 valence electrons. The molecular weight excluding hydrogens is 367 g/mol. The van der Waals surface area contributed by atoms with Crippen molar-refractivity contribution >= 4 is 37.5 Å². The van der Waals surface area contributed by atoms with Gasteiger partial charge in [-0.2, -0.15) is 0 Å². The molecule has 4 rings (SSSR count). The molecule has 0 saturated carbocycles. The average Bonchev–Trinajstić information content (AvgIpc) is 3.04. The van der Waals surface area contributed by atoms with Gasteiger partial charge in [-0.15, -0.1) is 11.3 Å². The first-order valence-electron chi connectivity index (χ1n) is 7.07. The fourth-order valence-corrected chi connectivity index (χ4v) is 4.52. The number of hydrogen-bond donors (Lipinski definition) is 0. The first-order valence-corrected chi connectivity index (χ1v) is 8.68. The van der Waals surface area contributed by atoms with Crippen LogP contribution in [0, 0.1) is 5.82 Å². The Labute approximate surface area is 138 Å². The van der Waals surface area contributed by atoms with Crippen LogP contribution in [0.15, 0.2) is 33.8 Å². The van der Waals surface area contributed by atoms with Crippen molar-refractivity contribution < 1.29 is 4.39 Å². The highest BCUT2D eigenvalue weighted by Gasteiger charge is 2.21. The smallest absolute Gasteiger partial charge is 0.262 e. The van der Waals surface area contributed by atoms with E-state index in [1.807, 2.05) is 0 Å². The minimum atomic E-state index is -0.322. The first kappa shape index (κ1) is 14.1. The van der Waals surface area contributed by atoms with Crippen LogP contribution in [0.5, 0.6) is 0 Å². The maximum Gasteiger partial charge on any atom is 0.262 e. The van der Waals surface area contributed by atoms with Gasteiger partial charge in [0.2, 0.25) is 0 Å². The molecule has 1 aliphatic rings. The summed E-state index contributed by atoms with van der Waals surface area (Å²) in [7, 11) is 0. The summed E-state index contributed by atoms with van der Waals surface area (Å²) in [4.78, 5) is 19.2. The van der Waals surface area contributed by atoms with E-state index in [9.17, 15) is 9.18 Å². The number of halogens is 2. The predicted molar refractivity (Wildman–Crippen MR) is 89.1 cm³/mol. The van der Waals surface area contributed by atoms with Crippen molar-refractivity contribution in [2.45, 2.75) is 25.8 Å². The van der Waals surface area contributed by atoms with Crippen molar-refractivity contribution in [2.75, 3.05) is 0 Å². The minimum absolute atomic E-state index is 0.0632. The maximum absolute atomic E-state index is 14.0. The SMILES string of the molecule is O=c1c2c3c(sc2ncn1Cc1ccc(Br)cc1F)CCC3. The van der Waals surface area contributed by atoms with Gasteiger partial charge in [0.05, 0.1) is 18.3 Å². The third kappa shape index (κ3) is 2.21. The summed E-state index contributed by atoms with van der Waals surface area (Å²) >= 11 is 4.85. The molecule has 3 aromatic rings. The van der Waals surface area contributed by atoms with Crippen molar-refractivity contribution in [3.05, 3.63) is 61.2 Å². The lowest BCUT2D eigenvalue weighted by molar-refractivity contribution is 0.594. The number of aromatic nitrogens is 2. The molecule has 0 atom stereocenters. The Morgan fingerprint density at radius 3 is 3.05 bits per heavy atom. The van der Waals surface area contributed by atoms with Crippen LogP contribution in [0.2, 0.25) is 0 Å². The fourth-order valence-electron chi connectivity index (χ4n) is 2.97. The predicted octanol–water partition coefficient (Wildman–Crippen LogP) is 3.90. The quantitative estimate of drug-likeness (QED) is 0.677. The van der Waals surface area contributed by atoms with Crippen LogP contribution in [0.25, 0.3) is 10.2 Å². The van der Waals surface area contributed by atoms with E-state index in [1.54, 1.807) is 23.5 Å². The highest BCUT2D eigenvalue weighted by Crippen LogP contribution is 2.34. The second-order valence-corrected chi connectivity index (χ2v) is 7.45. The van der Waals surface area contributed by atoms with Crippen molar-refractivity contribution in [1.82, 2.24) is 9.55 Å². The van der Waals surface area contributed by atoms with Crippen molar-refractivity contribution in [3.8, 4) is 0 Å². The van der Waals surface area contributed by atoms with Gasteiger partial charge in [-0.3, -0.25) is 9.36 Å². The summed E-state index contributed by atoms with van der Waals surface area (Å²) in [5.74, 6) is -0.322. The van der Waals surface area contributed by atoms with Crippen molar-refractivity contribution in [1.29, 1.82) is 0 Å². The van der Waals surface area contributed by atoms with Gasteiger partial charge in [-0.1, -0.05) is 22.0 Å². The van der Waals surface area contributed by atoms with Crippen LogP contribution in [0.3, 0.4) is 0 Å². The summed E-state index contributed by atoms with van der Waals surface area (Å²) in [5.41, 5.74) is 1.58. The normalized spacial score (nSPS) is 13.7. The fraction of sp³-hybridized carbons (Fsp3) is 0.250. The molecule has 0 bridgehead atoms. The topological polar surface area (TPSA) is 34.9 Å². The second-order valence-electron chi connectivity index (χ2n) is 5.45. The Kier molecular flexibility index (Phi) is 3.38. The van der Waals surface area contributed by atoms with Crippen molar-refractivity contribution in [3.63, 3.8) is 0 Å². The van der Waals surface area contributed by atoms with E-state index < -0.39 is 0 Å². The second kappa shape index (κ2) is 5.28. The van der Waals surface area contributed by atoms with Crippen LogP contribution < -0.4 is 5.56 Å². The molecule has 0 fully saturated rings. The van der Waals surface area contributed by atoms with Gasteiger partial charge in [0.15, 0.2) is 0 Å². The molecule has 1 aromatic carbocycles.